The van der Waals surface area contributed by atoms with Gasteiger partial charge in [0.1, 0.15) is 0 Å². The number of β-amino-alcohol motifs (C(OH)–C–C–N with tert-alkyl or cyclic N) is 1. The van der Waals surface area contributed by atoms with Crippen LogP contribution < -0.4 is 11.1 Å². The molecule has 1 unspecified atom stereocenters. The van der Waals surface area contributed by atoms with Gasteiger partial charge in [-0.3, -0.25) is 9.69 Å². The number of benzene rings is 2. The third-order valence-corrected chi connectivity index (χ3v) is 5.34. The van der Waals surface area contributed by atoms with Crippen molar-refractivity contribution in [2.24, 2.45) is 5.73 Å². The normalized spacial score (nSPS) is 17.7. The Hall–Kier alpha value is -2.90. The number of rotatable bonds is 7. The van der Waals surface area contributed by atoms with E-state index in [2.05, 4.69) is 10.2 Å². The van der Waals surface area contributed by atoms with Crippen molar-refractivity contribution in [3.05, 3.63) is 65.7 Å². The minimum atomic E-state index is -0.659. The number of carbonyl (C=O) groups excluding carboxylic acids is 2. The second kappa shape index (κ2) is 9.54. The Morgan fingerprint density at radius 1 is 1.21 bits per heavy atom. The van der Waals surface area contributed by atoms with Gasteiger partial charge >= 0.3 is 6.03 Å². The summed E-state index contributed by atoms with van der Waals surface area (Å²) in [7, 11) is 1.80. The highest BCUT2D eigenvalue weighted by Crippen LogP contribution is 2.25. The number of urea groups is 1. The summed E-state index contributed by atoms with van der Waals surface area (Å²) >= 11 is 0. The standard InChI is InChI=1S/C22H28N4O3/c1-25(21(28)13-17-9-5-6-10-19(17)24-22(23)29)20(16-7-3-2-4-8-16)15-26-12-11-18(27)14-26/h2-10,18,20,27H,11-15H2,1H3,(H3,23,24,29)/t18-,20?/m1/s1. The summed E-state index contributed by atoms with van der Waals surface area (Å²) in [6.07, 6.45) is 0.601. The molecular weight excluding hydrogens is 368 g/mol. The number of hydrogen-bond donors (Lipinski definition) is 3. The van der Waals surface area contributed by atoms with Gasteiger partial charge in [-0.25, -0.2) is 4.79 Å². The molecule has 1 heterocycles. The summed E-state index contributed by atoms with van der Waals surface area (Å²) in [5, 5.41) is 12.4. The van der Waals surface area contributed by atoms with E-state index in [1.54, 1.807) is 24.1 Å². The van der Waals surface area contributed by atoms with E-state index in [1.807, 2.05) is 42.5 Å². The third-order valence-electron chi connectivity index (χ3n) is 5.34. The Balaban J connectivity index is 1.77. The van der Waals surface area contributed by atoms with E-state index in [1.165, 1.54) is 0 Å². The monoisotopic (exact) mass is 396 g/mol. The van der Waals surface area contributed by atoms with Gasteiger partial charge in [0.05, 0.1) is 18.6 Å². The molecule has 0 radical (unpaired) electrons. The Labute approximate surface area is 171 Å². The lowest BCUT2D eigenvalue weighted by Gasteiger charge is -2.32. The van der Waals surface area contributed by atoms with E-state index in [0.717, 1.165) is 18.5 Å². The molecular formula is C22H28N4O3. The molecule has 0 aliphatic carbocycles. The van der Waals surface area contributed by atoms with Crippen LogP contribution in [-0.4, -0.2) is 59.6 Å². The van der Waals surface area contributed by atoms with Gasteiger partial charge in [0, 0.05) is 32.4 Å². The van der Waals surface area contributed by atoms with Crippen molar-refractivity contribution in [1.29, 1.82) is 0 Å². The van der Waals surface area contributed by atoms with Gasteiger partial charge in [-0.2, -0.15) is 0 Å². The number of aliphatic hydroxyl groups is 1. The largest absolute Gasteiger partial charge is 0.392 e. The number of hydrogen-bond acceptors (Lipinski definition) is 4. The van der Waals surface area contributed by atoms with Crippen LogP contribution in [-0.2, 0) is 11.2 Å². The first-order chi connectivity index (χ1) is 13.9. The average molecular weight is 396 g/mol. The molecule has 0 spiro atoms. The van der Waals surface area contributed by atoms with Crippen LogP contribution in [0.15, 0.2) is 54.6 Å². The lowest BCUT2D eigenvalue weighted by atomic mass is 10.0. The van der Waals surface area contributed by atoms with Crippen LogP contribution in [0.1, 0.15) is 23.6 Å². The number of nitrogens with zero attached hydrogens (tertiary/aromatic N) is 2. The predicted octanol–water partition coefficient (Wildman–Crippen LogP) is 1.99. The maximum Gasteiger partial charge on any atom is 0.316 e. The van der Waals surface area contributed by atoms with Gasteiger partial charge in [0.2, 0.25) is 5.91 Å². The van der Waals surface area contributed by atoms with Crippen molar-refractivity contribution in [2.75, 3.05) is 32.0 Å². The lowest BCUT2D eigenvalue weighted by molar-refractivity contribution is -0.131. The molecule has 1 saturated heterocycles. The third kappa shape index (κ3) is 5.56. The fourth-order valence-electron chi connectivity index (χ4n) is 3.74. The molecule has 1 fully saturated rings. The van der Waals surface area contributed by atoms with Crippen molar-refractivity contribution in [3.8, 4) is 0 Å². The SMILES string of the molecule is CN(C(=O)Cc1ccccc1NC(N)=O)C(CN1CC[C@@H](O)C1)c1ccccc1. The van der Waals surface area contributed by atoms with E-state index in [9.17, 15) is 14.7 Å². The number of likely N-dealkylation sites (tertiary alicyclic amines) is 1. The molecule has 3 rings (SSSR count). The maximum atomic E-state index is 13.1. The van der Waals surface area contributed by atoms with Crippen LogP contribution in [0, 0.1) is 0 Å². The average Bonchev–Trinajstić information content (AvgIpc) is 3.12. The number of aliphatic hydroxyl groups excluding tert-OH is 1. The van der Waals surface area contributed by atoms with Gasteiger partial charge in [-0.1, -0.05) is 48.5 Å². The zero-order chi connectivity index (χ0) is 20.8. The first-order valence-electron chi connectivity index (χ1n) is 9.79. The first-order valence-corrected chi connectivity index (χ1v) is 9.79. The van der Waals surface area contributed by atoms with Gasteiger partial charge in [0.25, 0.3) is 0 Å². The minimum absolute atomic E-state index is 0.0580. The molecule has 0 saturated carbocycles. The Kier molecular flexibility index (Phi) is 6.85. The Morgan fingerprint density at radius 3 is 2.55 bits per heavy atom. The molecule has 7 heteroatoms. The number of amides is 3. The molecule has 0 bridgehead atoms. The summed E-state index contributed by atoms with van der Waals surface area (Å²) in [5.41, 5.74) is 7.55. The summed E-state index contributed by atoms with van der Waals surface area (Å²) < 4.78 is 0. The second-order valence-corrected chi connectivity index (χ2v) is 7.46. The number of likely N-dealkylation sites (N-methyl/N-ethyl adjacent to an activating group) is 1. The van der Waals surface area contributed by atoms with E-state index >= 15 is 0 Å². The predicted molar refractivity (Wildman–Crippen MR) is 112 cm³/mol. The zero-order valence-corrected chi connectivity index (χ0v) is 16.6. The molecule has 1 aliphatic rings. The summed E-state index contributed by atoms with van der Waals surface area (Å²) in [5.74, 6) is -0.0580. The summed E-state index contributed by atoms with van der Waals surface area (Å²) in [6.45, 7) is 2.10. The second-order valence-electron chi connectivity index (χ2n) is 7.46. The van der Waals surface area contributed by atoms with E-state index < -0.39 is 6.03 Å². The van der Waals surface area contributed by atoms with Crippen molar-refractivity contribution < 1.29 is 14.7 Å². The number of para-hydroxylation sites is 1. The highest BCUT2D eigenvalue weighted by molar-refractivity contribution is 5.90. The summed E-state index contributed by atoms with van der Waals surface area (Å²) in [6, 6.07) is 16.3. The molecule has 7 nitrogen and oxygen atoms in total. The smallest absolute Gasteiger partial charge is 0.316 e. The first kappa shape index (κ1) is 20.8. The molecule has 3 amide bonds. The molecule has 4 N–H and O–H groups in total. The number of carbonyl (C=O) groups is 2. The Bertz CT molecular complexity index is 843. The topological polar surface area (TPSA) is 98.9 Å². The van der Waals surface area contributed by atoms with Gasteiger partial charge < -0.3 is 21.1 Å². The zero-order valence-electron chi connectivity index (χ0n) is 16.6. The van der Waals surface area contributed by atoms with Crippen LogP contribution in [0.5, 0.6) is 0 Å². The van der Waals surface area contributed by atoms with Crippen LogP contribution in [0.2, 0.25) is 0 Å². The minimum Gasteiger partial charge on any atom is -0.392 e. The molecule has 1 aliphatic heterocycles. The maximum absolute atomic E-state index is 13.1. The molecule has 0 aromatic heterocycles. The van der Waals surface area contributed by atoms with Crippen molar-refractivity contribution >= 4 is 17.6 Å². The highest BCUT2D eigenvalue weighted by atomic mass is 16.3. The number of nitrogens with one attached hydrogen (secondary N) is 1. The fourth-order valence-corrected chi connectivity index (χ4v) is 3.74. The highest BCUT2D eigenvalue weighted by Gasteiger charge is 2.28. The Morgan fingerprint density at radius 2 is 1.90 bits per heavy atom. The number of nitrogens with two attached hydrogens (primary N) is 1. The number of anilines is 1. The quantitative estimate of drug-likeness (QED) is 0.666. The van der Waals surface area contributed by atoms with Crippen LogP contribution >= 0.6 is 0 Å². The van der Waals surface area contributed by atoms with Crippen molar-refractivity contribution in [2.45, 2.75) is 25.0 Å². The van der Waals surface area contributed by atoms with Crippen LogP contribution in [0.3, 0.4) is 0 Å². The lowest BCUT2D eigenvalue weighted by Crippen LogP contribution is -2.39. The molecule has 2 aromatic rings. The fraction of sp³-hybridized carbons (Fsp3) is 0.364. The van der Waals surface area contributed by atoms with Gasteiger partial charge in [-0.05, 0) is 23.6 Å². The molecule has 154 valence electrons. The van der Waals surface area contributed by atoms with Gasteiger partial charge in [-0.15, -0.1) is 0 Å². The van der Waals surface area contributed by atoms with E-state index in [-0.39, 0.29) is 24.5 Å². The molecule has 2 aromatic carbocycles. The molecule has 2 atom stereocenters. The molecule has 29 heavy (non-hydrogen) atoms. The van der Waals surface area contributed by atoms with Crippen molar-refractivity contribution in [1.82, 2.24) is 9.80 Å². The van der Waals surface area contributed by atoms with E-state index in [0.29, 0.717) is 24.3 Å². The van der Waals surface area contributed by atoms with Crippen LogP contribution in [0.25, 0.3) is 0 Å². The van der Waals surface area contributed by atoms with Crippen molar-refractivity contribution in [3.63, 3.8) is 0 Å². The van der Waals surface area contributed by atoms with E-state index in [4.69, 9.17) is 5.73 Å². The summed E-state index contributed by atoms with van der Waals surface area (Å²) in [4.78, 5) is 28.3. The van der Waals surface area contributed by atoms with Gasteiger partial charge in [0.15, 0.2) is 0 Å². The number of primary amides is 1. The van der Waals surface area contributed by atoms with Crippen LogP contribution in [0.4, 0.5) is 10.5 Å².